The van der Waals surface area contributed by atoms with Gasteiger partial charge < -0.3 is 0 Å². The Morgan fingerprint density at radius 2 is 1.75 bits per heavy atom. The van der Waals surface area contributed by atoms with Gasteiger partial charge in [-0.15, -0.1) is 0 Å². The molecule has 0 spiro atoms. The van der Waals surface area contributed by atoms with E-state index in [1.54, 1.807) is 0 Å². The zero-order valence-electron chi connectivity index (χ0n) is 14.9. The molecule has 0 unspecified atom stereocenters. The van der Waals surface area contributed by atoms with Gasteiger partial charge in [-0.1, -0.05) is 30.3 Å². The number of hydrogen-bond donors (Lipinski definition) is 0. The number of tetrazole rings is 1. The highest BCUT2D eigenvalue weighted by Crippen LogP contribution is 2.22. The molecule has 1 aliphatic heterocycles. The van der Waals surface area contributed by atoms with Gasteiger partial charge in [-0.25, -0.2) is 9.36 Å². The summed E-state index contributed by atoms with van der Waals surface area (Å²) in [6.07, 6.45) is 3.65. The standard InChI is InChI=1S/C18H27N5S/c1-18(2,3)23-17(24)22(19-20-23)14-21-11-9-16(10-12-21)13-15-7-5-4-6-8-15/h4-8,16H,9-14H2,1-3H3. The fourth-order valence-electron chi connectivity index (χ4n) is 3.25. The summed E-state index contributed by atoms with van der Waals surface area (Å²) in [5.41, 5.74) is 1.32. The van der Waals surface area contributed by atoms with Gasteiger partial charge in [0.2, 0.25) is 4.77 Å². The van der Waals surface area contributed by atoms with E-state index in [-0.39, 0.29) is 5.54 Å². The number of aromatic nitrogens is 4. The molecular formula is C18H27N5S. The van der Waals surface area contributed by atoms with Crippen LogP contribution in [0.1, 0.15) is 39.2 Å². The minimum atomic E-state index is -0.127. The van der Waals surface area contributed by atoms with Crippen molar-refractivity contribution in [3.05, 3.63) is 40.7 Å². The van der Waals surface area contributed by atoms with Gasteiger partial charge in [-0.3, -0.25) is 4.90 Å². The lowest BCUT2D eigenvalue weighted by molar-refractivity contribution is 0.139. The maximum absolute atomic E-state index is 5.53. The quantitative estimate of drug-likeness (QED) is 0.795. The monoisotopic (exact) mass is 345 g/mol. The summed E-state index contributed by atoms with van der Waals surface area (Å²) in [6, 6.07) is 10.8. The van der Waals surface area contributed by atoms with Crippen molar-refractivity contribution >= 4 is 12.2 Å². The molecule has 1 aliphatic rings. The first-order chi connectivity index (χ1) is 11.4. The molecule has 0 aliphatic carbocycles. The number of nitrogens with zero attached hydrogens (tertiary/aromatic N) is 5. The van der Waals surface area contributed by atoms with E-state index < -0.39 is 0 Å². The van der Waals surface area contributed by atoms with Gasteiger partial charge in [-0.05, 0) is 74.2 Å². The summed E-state index contributed by atoms with van der Waals surface area (Å²) in [7, 11) is 0. The second kappa shape index (κ2) is 7.15. The van der Waals surface area contributed by atoms with Gasteiger partial charge in [0, 0.05) is 13.1 Å². The Hall–Kier alpha value is -1.53. The third-order valence-corrected chi connectivity index (χ3v) is 5.07. The van der Waals surface area contributed by atoms with Crippen LogP contribution in [-0.2, 0) is 18.6 Å². The van der Waals surface area contributed by atoms with Crippen LogP contribution in [0.5, 0.6) is 0 Å². The van der Waals surface area contributed by atoms with Gasteiger partial charge in [0.05, 0.1) is 12.2 Å². The van der Waals surface area contributed by atoms with Gasteiger partial charge in [0.1, 0.15) is 0 Å². The molecular weight excluding hydrogens is 318 g/mol. The molecule has 0 bridgehead atoms. The van der Waals surface area contributed by atoms with Crippen LogP contribution in [0.2, 0.25) is 0 Å². The second-order valence-corrected chi connectivity index (χ2v) is 8.10. The molecule has 1 fully saturated rings. The van der Waals surface area contributed by atoms with Gasteiger partial charge in [0.15, 0.2) is 0 Å². The molecule has 0 N–H and O–H groups in total. The van der Waals surface area contributed by atoms with Crippen LogP contribution in [0.4, 0.5) is 0 Å². The van der Waals surface area contributed by atoms with Crippen LogP contribution in [0, 0.1) is 10.7 Å². The molecule has 2 aromatic rings. The summed E-state index contributed by atoms with van der Waals surface area (Å²) >= 11 is 5.53. The molecule has 0 radical (unpaired) electrons. The fourth-order valence-corrected chi connectivity index (χ4v) is 3.66. The van der Waals surface area contributed by atoms with Crippen molar-refractivity contribution in [1.82, 2.24) is 24.7 Å². The minimum Gasteiger partial charge on any atom is -0.284 e. The van der Waals surface area contributed by atoms with Crippen LogP contribution in [0.3, 0.4) is 0 Å². The molecule has 0 amide bonds. The van der Waals surface area contributed by atoms with Gasteiger partial charge in [0.25, 0.3) is 0 Å². The number of benzene rings is 1. The lowest BCUT2D eigenvalue weighted by Crippen LogP contribution is -2.36. The molecule has 2 heterocycles. The van der Waals surface area contributed by atoms with E-state index in [1.807, 2.05) is 9.36 Å². The fraction of sp³-hybridized carbons (Fsp3) is 0.611. The van der Waals surface area contributed by atoms with Gasteiger partial charge >= 0.3 is 0 Å². The number of piperidine rings is 1. The third-order valence-electron chi connectivity index (χ3n) is 4.68. The summed E-state index contributed by atoms with van der Waals surface area (Å²) in [5, 5.41) is 8.47. The van der Waals surface area contributed by atoms with E-state index >= 15 is 0 Å². The Labute approximate surface area is 149 Å². The molecule has 0 saturated carbocycles. The molecule has 0 atom stereocenters. The van der Waals surface area contributed by atoms with E-state index in [9.17, 15) is 0 Å². The first-order valence-corrected chi connectivity index (χ1v) is 9.14. The summed E-state index contributed by atoms with van der Waals surface area (Å²) in [6.45, 7) is 9.22. The molecule has 24 heavy (non-hydrogen) atoms. The normalized spacial score (nSPS) is 17.3. The van der Waals surface area contributed by atoms with Crippen molar-refractivity contribution in [2.45, 2.75) is 52.2 Å². The average Bonchev–Trinajstić information content (AvgIpc) is 2.91. The maximum atomic E-state index is 5.53. The largest absolute Gasteiger partial charge is 0.284 e. The third kappa shape index (κ3) is 4.11. The topological polar surface area (TPSA) is 38.9 Å². The number of rotatable bonds is 4. The molecule has 5 nitrogen and oxygen atoms in total. The number of hydrogen-bond acceptors (Lipinski definition) is 4. The highest BCUT2D eigenvalue weighted by atomic mass is 32.1. The highest BCUT2D eigenvalue weighted by Gasteiger charge is 2.22. The Morgan fingerprint density at radius 1 is 1.08 bits per heavy atom. The number of likely N-dealkylation sites (tertiary alicyclic amines) is 1. The Balaban J connectivity index is 1.54. The molecule has 1 saturated heterocycles. The van der Waals surface area contributed by atoms with Crippen molar-refractivity contribution < 1.29 is 0 Å². The molecule has 130 valence electrons. The molecule has 3 rings (SSSR count). The Bertz CT molecular complexity index is 705. The summed E-state index contributed by atoms with van der Waals surface area (Å²) in [4.78, 5) is 2.43. The van der Waals surface area contributed by atoms with Crippen molar-refractivity contribution in [3.63, 3.8) is 0 Å². The van der Waals surface area contributed by atoms with E-state index in [0.29, 0.717) is 4.77 Å². The van der Waals surface area contributed by atoms with Crippen LogP contribution < -0.4 is 0 Å². The van der Waals surface area contributed by atoms with Crippen LogP contribution >= 0.6 is 12.2 Å². The van der Waals surface area contributed by atoms with Crippen LogP contribution in [-0.4, -0.2) is 37.8 Å². The predicted molar refractivity (Wildman–Crippen MR) is 98.3 cm³/mol. The van der Waals surface area contributed by atoms with E-state index in [0.717, 1.165) is 25.7 Å². The van der Waals surface area contributed by atoms with E-state index in [1.165, 1.54) is 24.8 Å². The smallest absolute Gasteiger partial charge is 0.217 e. The van der Waals surface area contributed by atoms with E-state index in [4.69, 9.17) is 12.2 Å². The maximum Gasteiger partial charge on any atom is 0.217 e. The van der Waals surface area contributed by atoms with Crippen molar-refractivity contribution in [3.8, 4) is 0 Å². The molecule has 1 aromatic heterocycles. The first-order valence-electron chi connectivity index (χ1n) is 8.73. The lowest BCUT2D eigenvalue weighted by Gasteiger charge is -2.31. The SMILES string of the molecule is CC(C)(C)n1nnn(CN2CCC(Cc3ccccc3)CC2)c1=S. The highest BCUT2D eigenvalue weighted by molar-refractivity contribution is 7.71. The minimum absolute atomic E-state index is 0.127. The molecule has 6 heteroatoms. The van der Waals surface area contributed by atoms with E-state index in [2.05, 4.69) is 66.4 Å². The van der Waals surface area contributed by atoms with Gasteiger partial charge in [-0.2, -0.15) is 0 Å². The zero-order chi connectivity index (χ0) is 17.2. The molecule has 1 aromatic carbocycles. The second-order valence-electron chi connectivity index (χ2n) is 7.74. The average molecular weight is 346 g/mol. The van der Waals surface area contributed by atoms with Crippen molar-refractivity contribution in [2.75, 3.05) is 13.1 Å². The summed E-state index contributed by atoms with van der Waals surface area (Å²) in [5.74, 6) is 0.780. The lowest BCUT2D eigenvalue weighted by atomic mass is 9.90. The zero-order valence-corrected chi connectivity index (χ0v) is 15.7. The first kappa shape index (κ1) is 17.3. The van der Waals surface area contributed by atoms with Crippen molar-refractivity contribution in [2.24, 2.45) is 5.92 Å². The van der Waals surface area contributed by atoms with Crippen LogP contribution in [0.15, 0.2) is 30.3 Å². The predicted octanol–water partition coefficient (Wildman–Crippen LogP) is 3.48. The van der Waals surface area contributed by atoms with Crippen molar-refractivity contribution in [1.29, 1.82) is 0 Å². The Kier molecular flexibility index (Phi) is 5.15. The Morgan fingerprint density at radius 3 is 2.33 bits per heavy atom. The summed E-state index contributed by atoms with van der Waals surface area (Å²) < 4.78 is 4.37. The van der Waals surface area contributed by atoms with Crippen LogP contribution in [0.25, 0.3) is 0 Å².